The minimum atomic E-state index is -2.50. The van der Waals surface area contributed by atoms with E-state index in [-0.39, 0.29) is 0 Å². The summed E-state index contributed by atoms with van der Waals surface area (Å²) in [7, 11) is 0. The first-order chi connectivity index (χ1) is 7.00. The molecule has 0 nitrogen and oxygen atoms in total. The van der Waals surface area contributed by atoms with Crippen LogP contribution in [0.5, 0.6) is 0 Å². The molecule has 1 rings (SSSR count). The molecule has 0 amide bonds. The molecule has 0 aliphatic heterocycles. The highest BCUT2D eigenvalue weighted by molar-refractivity contribution is 7.65. The fourth-order valence-corrected chi connectivity index (χ4v) is 7.97. The van der Waals surface area contributed by atoms with Crippen molar-refractivity contribution in [3.05, 3.63) is 0 Å². The molecule has 1 aliphatic rings. The van der Waals surface area contributed by atoms with Gasteiger partial charge in [-0.1, -0.05) is 52.4 Å². The van der Waals surface area contributed by atoms with Crippen LogP contribution < -0.4 is 0 Å². The molecule has 0 aromatic carbocycles. The molecule has 15 heavy (non-hydrogen) atoms. The summed E-state index contributed by atoms with van der Waals surface area (Å²) < 4.78 is 0. The summed E-state index contributed by atoms with van der Waals surface area (Å²) in [6, 6.07) is -2.50. The van der Waals surface area contributed by atoms with Crippen molar-refractivity contribution in [2.24, 2.45) is 11.8 Å². The second kappa shape index (κ2) is 6.14. The maximum absolute atomic E-state index is 6.26. The van der Waals surface area contributed by atoms with Crippen molar-refractivity contribution in [1.29, 1.82) is 0 Å². The van der Waals surface area contributed by atoms with Crippen molar-refractivity contribution < 1.29 is 0 Å². The van der Waals surface area contributed by atoms with E-state index in [0.717, 1.165) is 0 Å². The minimum Gasteiger partial charge on any atom is -0.126 e. The van der Waals surface area contributed by atoms with Gasteiger partial charge < -0.3 is 0 Å². The zero-order valence-electron chi connectivity index (χ0n) is 9.61. The third-order valence-electron chi connectivity index (χ3n) is 3.75. The van der Waals surface area contributed by atoms with Crippen LogP contribution in [0.25, 0.3) is 0 Å². The lowest BCUT2D eigenvalue weighted by Crippen LogP contribution is -2.27. The van der Waals surface area contributed by atoms with E-state index < -0.39 is 6.00 Å². The highest BCUT2D eigenvalue weighted by atomic mass is 35.8. The third kappa shape index (κ3) is 3.80. The van der Waals surface area contributed by atoms with E-state index >= 15 is 0 Å². The Labute approximate surface area is 109 Å². The van der Waals surface area contributed by atoms with E-state index in [1.807, 2.05) is 0 Å². The topological polar surface area (TPSA) is 0 Å². The van der Waals surface area contributed by atoms with Crippen molar-refractivity contribution in [2.75, 3.05) is 0 Å². The van der Waals surface area contributed by atoms with Crippen molar-refractivity contribution in [2.45, 2.75) is 57.9 Å². The van der Waals surface area contributed by atoms with Gasteiger partial charge in [0.2, 0.25) is 0 Å². The molecule has 0 spiro atoms. The Morgan fingerprint density at radius 1 is 1.07 bits per heavy atom. The zero-order valence-corrected chi connectivity index (χ0v) is 12.9. The Hall–Kier alpha value is 1.09. The first-order valence-electron chi connectivity index (χ1n) is 6.07. The summed E-state index contributed by atoms with van der Waals surface area (Å²) in [6.45, 7) is 4.46. The number of unbranched alkanes of at least 4 members (excludes halogenated alkanes) is 1. The molecule has 0 saturated heterocycles. The second-order valence-electron chi connectivity index (χ2n) is 4.72. The molecule has 1 aliphatic carbocycles. The van der Waals surface area contributed by atoms with E-state index in [1.165, 1.54) is 38.5 Å². The number of rotatable bonds is 5. The highest BCUT2D eigenvalue weighted by Crippen LogP contribution is 2.54. The monoisotopic (exact) mass is 286 g/mol. The van der Waals surface area contributed by atoms with Gasteiger partial charge in [-0.2, -0.15) is 0 Å². The molecule has 4 heteroatoms. The Bertz CT molecular complexity index is 191. The van der Waals surface area contributed by atoms with Gasteiger partial charge >= 0.3 is 6.00 Å². The fraction of sp³-hybridized carbons (Fsp3) is 1.00. The summed E-state index contributed by atoms with van der Waals surface area (Å²) >= 11 is 18.8. The number of hydrogen-bond acceptors (Lipinski definition) is 0. The lowest BCUT2D eigenvalue weighted by Gasteiger charge is -2.28. The lowest BCUT2D eigenvalue weighted by molar-refractivity contribution is 0.440. The van der Waals surface area contributed by atoms with Gasteiger partial charge in [0.1, 0.15) is 0 Å². The molecular weight excluding hydrogens is 267 g/mol. The molecule has 0 aromatic heterocycles. The maximum Gasteiger partial charge on any atom is 0.344 e. The smallest absolute Gasteiger partial charge is 0.126 e. The van der Waals surface area contributed by atoms with Crippen LogP contribution >= 0.6 is 33.2 Å². The molecule has 0 heterocycles. The van der Waals surface area contributed by atoms with Crippen LogP contribution in [0.3, 0.4) is 0 Å². The predicted octanol–water partition coefficient (Wildman–Crippen LogP) is 5.64. The lowest BCUT2D eigenvalue weighted by atomic mass is 9.97. The Kier molecular flexibility index (Phi) is 5.79. The van der Waals surface area contributed by atoms with Crippen LogP contribution in [0.15, 0.2) is 0 Å². The Balaban J connectivity index is 2.63. The number of halogens is 3. The Morgan fingerprint density at radius 3 is 2.13 bits per heavy atom. The zero-order chi connectivity index (χ0) is 11.5. The van der Waals surface area contributed by atoms with Crippen molar-refractivity contribution in [3.8, 4) is 0 Å². The van der Waals surface area contributed by atoms with Gasteiger partial charge in [0.25, 0.3) is 0 Å². The first kappa shape index (κ1) is 14.1. The largest absolute Gasteiger partial charge is 0.344 e. The van der Waals surface area contributed by atoms with E-state index in [0.29, 0.717) is 17.4 Å². The van der Waals surface area contributed by atoms with E-state index in [9.17, 15) is 0 Å². The molecule has 1 fully saturated rings. The maximum atomic E-state index is 6.26. The van der Waals surface area contributed by atoms with E-state index in [4.69, 9.17) is 33.2 Å². The molecule has 0 N–H and O–H groups in total. The summed E-state index contributed by atoms with van der Waals surface area (Å²) in [5.74, 6) is 1.36. The van der Waals surface area contributed by atoms with Crippen LogP contribution in [0.1, 0.15) is 52.4 Å². The van der Waals surface area contributed by atoms with Gasteiger partial charge in [-0.25, -0.2) is 0 Å². The normalized spacial score (nSPS) is 32.2. The van der Waals surface area contributed by atoms with Gasteiger partial charge in [-0.15, -0.1) is 33.2 Å². The van der Waals surface area contributed by atoms with Crippen molar-refractivity contribution in [1.82, 2.24) is 0 Å². The van der Waals surface area contributed by atoms with Gasteiger partial charge in [-0.05, 0) is 11.8 Å². The van der Waals surface area contributed by atoms with Gasteiger partial charge in [-0.3, -0.25) is 0 Å². The second-order valence-corrected chi connectivity index (χ2v) is 13.6. The van der Waals surface area contributed by atoms with E-state index in [1.54, 1.807) is 0 Å². The van der Waals surface area contributed by atoms with Crippen LogP contribution in [0.4, 0.5) is 0 Å². The summed E-state index contributed by atoms with van der Waals surface area (Å²) in [4.78, 5) is 0. The summed E-state index contributed by atoms with van der Waals surface area (Å²) in [5.41, 5.74) is 0.416. The highest BCUT2D eigenvalue weighted by Gasteiger charge is 2.48. The van der Waals surface area contributed by atoms with Crippen LogP contribution in [0.2, 0.25) is 5.54 Å². The van der Waals surface area contributed by atoms with Crippen LogP contribution in [-0.2, 0) is 0 Å². The molecule has 1 saturated carbocycles. The molecule has 3 unspecified atom stereocenters. The molecule has 0 radical (unpaired) electrons. The van der Waals surface area contributed by atoms with E-state index in [2.05, 4.69) is 13.8 Å². The van der Waals surface area contributed by atoms with Gasteiger partial charge in [0.05, 0.1) is 0 Å². The summed E-state index contributed by atoms with van der Waals surface area (Å²) in [6.07, 6.45) is 7.53. The standard InChI is InChI=1S/C11H21Cl3Si/c1-3-5-6-10-8-7-9(4-2)11(10)15(12,13)14/h9-11H,3-8H2,1-2H3. The van der Waals surface area contributed by atoms with Crippen LogP contribution in [-0.4, -0.2) is 6.00 Å². The van der Waals surface area contributed by atoms with Crippen molar-refractivity contribution in [3.63, 3.8) is 0 Å². The predicted molar refractivity (Wildman–Crippen MR) is 73.1 cm³/mol. The minimum absolute atomic E-state index is 0.416. The molecule has 0 aromatic rings. The molecule has 3 atom stereocenters. The van der Waals surface area contributed by atoms with Crippen LogP contribution in [0, 0.1) is 11.8 Å². The Morgan fingerprint density at radius 2 is 1.67 bits per heavy atom. The average Bonchev–Trinajstić information content (AvgIpc) is 2.56. The first-order valence-corrected chi connectivity index (χ1v) is 11.2. The number of hydrogen-bond donors (Lipinski definition) is 0. The SMILES string of the molecule is CCCCC1CCC(CC)C1[Si](Cl)(Cl)Cl. The quantitative estimate of drug-likeness (QED) is 0.453. The fourth-order valence-electron chi connectivity index (χ4n) is 2.95. The average molecular weight is 288 g/mol. The molecular formula is C11H21Cl3Si. The molecule has 0 bridgehead atoms. The summed E-state index contributed by atoms with van der Waals surface area (Å²) in [5, 5.41) is 0. The third-order valence-corrected chi connectivity index (χ3v) is 7.72. The van der Waals surface area contributed by atoms with Gasteiger partial charge in [0.15, 0.2) is 0 Å². The van der Waals surface area contributed by atoms with Crippen molar-refractivity contribution >= 4 is 39.2 Å². The molecule has 90 valence electrons. The van der Waals surface area contributed by atoms with Gasteiger partial charge in [0, 0.05) is 5.54 Å².